The average Bonchev–Trinajstić information content (AvgIpc) is 3.50. The maximum absolute atomic E-state index is 11.8. The Balaban J connectivity index is 1.28. The molecule has 5 rings (SSSR count). The van der Waals surface area contributed by atoms with Gasteiger partial charge >= 0.3 is 6.09 Å². The third-order valence-electron chi connectivity index (χ3n) is 5.34. The van der Waals surface area contributed by atoms with Crippen LogP contribution in [-0.2, 0) is 22.4 Å². The predicted molar refractivity (Wildman–Crippen MR) is 114 cm³/mol. The molecule has 32 heavy (non-hydrogen) atoms. The van der Waals surface area contributed by atoms with Crippen molar-refractivity contribution in [1.82, 2.24) is 10.3 Å². The highest BCUT2D eigenvalue weighted by Crippen LogP contribution is 2.31. The number of benzene rings is 2. The summed E-state index contributed by atoms with van der Waals surface area (Å²) in [7, 11) is 0. The monoisotopic (exact) mass is 432 g/mol. The second kappa shape index (κ2) is 8.22. The molecule has 162 valence electrons. The van der Waals surface area contributed by atoms with Gasteiger partial charge in [0.05, 0.1) is 24.0 Å². The van der Waals surface area contributed by atoms with Gasteiger partial charge in [-0.1, -0.05) is 24.3 Å². The number of imide groups is 1. The van der Waals surface area contributed by atoms with Crippen LogP contribution in [0.5, 0.6) is 5.75 Å². The van der Waals surface area contributed by atoms with E-state index in [1.165, 1.54) is 0 Å². The average molecular weight is 432 g/mol. The van der Waals surface area contributed by atoms with Gasteiger partial charge in [0.25, 0.3) is 5.91 Å². The molecule has 2 aromatic heterocycles. The standard InChI is InChI=1S/C24H20N2O6/c1-14-18(25-23(31-14)15-5-3-2-4-6-15)10-12-29-19-8-7-16(21-17(19)9-11-30-21)13-20-22(27)26-24(28)32-20/h2-9,11,20H,10,12-13H2,1H3,(H,26,27,28). The SMILES string of the molecule is Cc1oc(-c2ccccc2)nc1CCOc1ccc(CC2OC(=O)NC2=O)c2occc12. The van der Waals surface area contributed by atoms with E-state index in [0.717, 1.165) is 28.0 Å². The first-order valence-electron chi connectivity index (χ1n) is 10.2. The van der Waals surface area contributed by atoms with Gasteiger partial charge in [-0.05, 0) is 36.8 Å². The van der Waals surface area contributed by atoms with E-state index < -0.39 is 18.1 Å². The van der Waals surface area contributed by atoms with Crippen molar-refractivity contribution < 1.29 is 27.9 Å². The Kier molecular flexibility index (Phi) is 5.10. The number of carbonyl (C=O) groups excluding carboxylic acids is 2. The highest BCUT2D eigenvalue weighted by atomic mass is 16.6. The van der Waals surface area contributed by atoms with Gasteiger partial charge < -0.3 is 18.3 Å². The number of rotatable bonds is 7. The molecule has 4 aromatic rings. The number of aryl methyl sites for hydroxylation is 1. The number of amides is 2. The largest absolute Gasteiger partial charge is 0.492 e. The van der Waals surface area contributed by atoms with Crippen LogP contribution in [0.2, 0.25) is 0 Å². The zero-order valence-electron chi connectivity index (χ0n) is 17.3. The van der Waals surface area contributed by atoms with Crippen molar-refractivity contribution in [3.05, 3.63) is 71.8 Å². The number of alkyl carbamates (subject to hydrolysis) is 1. The fourth-order valence-corrected chi connectivity index (χ4v) is 3.73. The summed E-state index contributed by atoms with van der Waals surface area (Å²) in [4.78, 5) is 27.7. The maximum atomic E-state index is 11.8. The van der Waals surface area contributed by atoms with Gasteiger partial charge in [0.2, 0.25) is 5.89 Å². The van der Waals surface area contributed by atoms with Crippen molar-refractivity contribution in [1.29, 1.82) is 0 Å². The summed E-state index contributed by atoms with van der Waals surface area (Å²) in [5.41, 5.74) is 3.13. The minimum Gasteiger partial charge on any atom is -0.492 e. The van der Waals surface area contributed by atoms with E-state index in [4.69, 9.17) is 18.3 Å². The van der Waals surface area contributed by atoms with E-state index in [9.17, 15) is 9.59 Å². The molecule has 3 heterocycles. The molecule has 1 N–H and O–H groups in total. The second-order valence-electron chi connectivity index (χ2n) is 7.46. The van der Waals surface area contributed by atoms with Crippen LogP contribution >= 0.6 is 0 Å². The van der Waals surface area contributed by atoms with Crippen LogP contribution in [0.25, 0.3) is 22.4 Å². The van der Waals surface area contributed by atoms with Crippen LogP contribution < -0.4 is 10.1 Å². The molecule has 0 saturated carbocycles. The van der Waals surface area contributed by atoms with Crippen molar-refractivity contribution in [3.8, 4) is 17.2 Å². The van der Waals surface area contributed by atoms with Crippen LogP contribution in [-0.4, -0.2) is 29.7 Å². The summed E-state index contributed by atoms with van der Waals surface area (Å²) in [6, 6.07) is 15.2. The maximum Gasteiger partial charge on any atom is 0.414 e. The summed E-state index contributed by atoms with van der Waals surface area (Å²) in [6.07, 6.45) is 0.782. The number of fused-ring (bicyclic) bond motifs is 1. The number of nitrogens with zero attached hydrogens (tertiary/aromatic N) is 1. The molecule has 1 unspecified atom stereocenters. The van der Waals surface area contributed by atoms with Gasteiger partial charge in [-0.2, -0.15) is 0 Å². The molecule has 8 nitrogen and oxygen atoms in total. The zero-order valence-corrected chi connectivity index (χ0v) is 17.3. The van der Waals surface area contributed by atoms with E-state index in [0.29, 0.717) is 30.3 Å². The molecular weight excluding hydrogens is 412 g/mol. The number of furan rings is 1. The summed E-state index contributed by atoms with van der Waals surface area (Å²) in [5, 5.41) is 2.92. The fourth-order valence-electron chi connectivity index (χ4n) is 3.73. The molecule has 0 aliphatic carbocycles. The number of carbonyl (C=O) groups is 2. The summed E-state index contributed by atoms with van der Waals surface area (Å²) < 4.78 is 22.4. The van der Waals surface area contributed by atoms with Gasteiger partial charge in [-0.3, -0.25) is 10.1 Å². The number of aromatic nitrogens is 1. The summed E-state index contributed by atoms with van der Waals surface area (Å²) >= 11 is 0. The van der Waals surface area contributed by atoms with Crippen LogP contribution in [0.3, 0.4) is 0 Å². The molecule has 1 aliphatic heterocycles. The highest BCUT2D eigenvalue weighted by molar-refractivity contribution is 6.00. The summed E-state index contributed by atoms with van der Waals surface area (Å²) in [6.45, 7) is 2.30. The second-order valence-corrected chi connectivity index (χ2v) is 7.46. The lowest BCUT2D eigenvalue weighted by molar-refractivity contribution is -0.123. The third kappa shape index (κ3) is 3.82. The van der Waals surface area contributed by atoms with Gasteiger partial charge in [0, 0.05) is 18.4 Å². The number of hydrogen-bond donors (Lipinski definition) is 1. The number of nitrogens with one attached hydrogen (secondary N) is 1. The molecule has 1 fully saturated rings. The molecule has 2 amide bonds. The summed E-state index contributed by atoms with van der Waals surface area (Å²) in [5.74, 6) is 1.57. The number of hydrogen-bond acceptors (Lipinski definition) is 7. The predicted octanol–water partition coefficient (Wildman–Crippen LogP) is 4.20. The molecule has 0 bridgehead atoms. The third-order valence-corrected chi connectivity index (χ3v) is 5.34. The lowest BCUT2D eigenvalue weighted by atomic mass is 10.0. The zero-order chi connectivity index (χ0) is 22.1. The number of oxazole rings is 1. The van der Waals surface area contributed by atoms with Crippen molar-refractivity contribution >= 4 is 23.0 Å². The Morgan fingerprint density at radius 1 is 1.09 bits per heavy atom. The minimum absolute atomic E-state index is 0.224. The first-order valence-corrected chi connectivity index (χ1v) is 10.2. The first-order chi connectivity index (χ1) is 15.6. The number of ether oxygens (including phenoxy) is 2. The van der Waals surface area contributed by atoms with Gasteiger partial charge in [-0.25, -0.2) is 9.78 Å². The molecule has 1 saturated heterocycles. The van der Waals surface area contributed by atoms with E-state index in [1.807, 2.05) is 55.5 Å². The lowest BCUT2D eigenvalue weighted by Gasteiger charge is -2.10. The van der Waals surface area contributed by atoms with Gasteiger partial charge in [-0.15, -0.1) is 0 Å². The molecule has 1 aliphatic rings. The quantitative estimate of drug-likeness (QED) is 0.467. The Labute approximate surface area is 183 Å². The van der Waals surface area contributed by atoms with Crippen molar-refractivity contribution in [3.63, 3.8) is 0 Å². The Morgan fingerprint density at radius 2 is 1.94 bits per heavy atom. The molecular formula is C24H20N2O6. The van der Waals surface area contributed by atoms with Crippen LogP contribution in [0, 0.1) is 6.92 Å². The molecule has 0 radical (unpaired) electrons. The van der Waals surface area contributed by atoms with Crippen molar-refractivity contribution in [2.24, 2.45) is 0 Å². The Bertz CT molecular complexity index is 1290. The molecule has 8 heteroatoms. The topological polar surface area (TPSA) is 104 Å². The van der Waals surface area contributed by atoms with Crippen LogP contribution in [0.4, 0.5) is 4.79 Å². The molecule has 2 aromatic carbocycles. The van der Waals surface area contributed by atoms with E-state index in [2.05, 4.69) is 10.3 Å². The Morgan fingerprint density at radius 3 is 2.72 bits per heavy atom. The number of cyclic esters (lactones) is 1. The van der Waals surface area contributed by atoms with E-state index in [1.54, 1.807) is 6.26 Å². The van der Waals surface area contributed by atoms with E-state index in [-0.39, 0.29) is 6.42 Å². The fraction of sp³-hybridized carbons (Fsp3) is 0.208. The Hall–Kier alpha value is -4.07. The van der Waals surface area contributed by atoms with Crippen LogP contribution in [0.1, 0.15) is 17.0 Å². The minimum atomic E-state index is -0.864. The van der Waals surface area contributed by atoms with Crippen molar-refractivity contribution in [2.45, 2.75) is 25.9 Å². The molecule has 1 atom stereocenters. The normalized spacial score (nSPS) is 15.7. The lowest BCUT2D eigenvalue weighted by Crippen LogP contribution is -2.25. The van der Waals surface area contributed by atoms with Crippen molar-refractivity contribution in [2.75, 3.05) is 6.61 Å². The van der Waals surface area contributed by atoms with Crippen LogP contribution in [0.15, 0.2) is 63.6 Å². The molecule has 0 spiro atoms. The van der Waals surface area contributed by atoms with Gasteiger partial charge in [0.1, 0.15) is 17.1 Å². The smallest absolute Gasteiger partial charge is 0.414 e. The van der Waals surface area contributed by atoms with Gasteiger partial charge in [0.15, 0.2) is 6.10 Å². The first kappa shape index (κ1) is 19.9. The highest BCUT2D eigenvalue weighted by Gasteiger charge is 2.33. The van der Waals surface area contributed by atoms with E-state index >= 15 is 0 Å².